The van der Waals surface area contributed by atoms with E-state index in [-0.39, 0.29) is 11.8 Å². The van der Waals surface area contributed by atoms with Gasteiger partial charge < -0.3 is 15.0 Å². The normalized spacial score (nSPS) is 15.7. The molecule has 1 aliphatic rings. The van der Waals surface area contributed by atoms with Crippen LogP contribution in [0.4, 0.5) is 0 Å². The smallest absolute Gasteiger partial charge is 0.246 e. The van der Waals surface area contributed by atoms with E-state index in [1.807, 2.05) is 0 Å². The van der Waals surface area contributed by atoms with Gasteiger partial charge in [-0.2, -0.15) is 0 Å². The number of ether oxygens (including phenoxy) is 1. The molecule has 1 saturated heterocycles. The van der Waals surface area contributed by atoms with E-state index in [0.29, 0.717) is 32.1 Å². The maximum absolute atomic E-state index is 12.7. The van der Waals surface area contributed by atoms with Gasteiger partial charge in [0.1, 0.15) is 6.04 Å². The summed E-state index contributed by atoms with van der Waals surface area (Å²) < 4.78 is 5.29. The van der Waals surface area contributed by atoms with Crippen molar-refractivity contribution in [2.24, 2.45) is 0 Å². The minimum absolute atomic E-state index is 0.0226. The van der Waals surface area contributed by atoms with Crippen LogP contribution in [0.2, 0.25) is 0 Å². The Morgan fingerprint density at radius 1 is 1.24 bits per heavy atom. The van der Waals surface area contributed by atoms with Crippen LogP contribution in [0.1, 0.15) is 32.3 Å². The number of benzene rings is 1. The summed E-state index contributed by atoms with van der Waals surface area (Å²) in [7, 11) is 0. The number of hydrogen-bond donors (Lipinski definition) is 1. The van der Waals surface area contributed by atoms with Crippen molar-refractivity contribution < 1.29 is 14.3 Å². The average molecular weight is 365 g/mol. The van der Waals surface area contributed by atoms with Gasteiger partial charge >= 0.3 is 0 Å². The highest BCUT2D eigenvalue weighted by Crippen LogP contribution is 2.21. The molecular formula is C19H28N2O3S. The third kappa shape index (κ3) is 6.71. The molecule has 5 nitrogen and oxygen atoms in total. The van der Waals surface area contributed by atoms with Crippen LogP contribution in [0.25, 0.3) is 0 Å². The van der Waals surface area contributed by atoms with Crippen LogP contribution in [0, 0.1) is 0 Å². The zero-order valence-corrected chi connectivity index (χ0v) is 15.9. The number of nitrogens with one attached hydrogen (secondary N) is 1. The number of unbranched alkanes of at least 4 members (excludes halogenated alkanes) is 1. The Morgan fingerprint density at radius 2 is 1.92 bits per heavy atom. The number of carbonyl (C=O) groups excluding carboxylic acids is 2. The Hall–Kier alpha value is -1.53. The molecule has 0 saturated carbocycles. The molecule has 1 N–H and O–H groups in total. The van der Waals surface area contributed by atoms with Crippen LogP contribution in [0.5, 0.6) is 0 Å². The number of hydrogen-bond acceptors (Lipinski definition) is 4. The monoisotopic (exact) mass is 364 g/mol. The Kier molecular flexibility index (Phi) is 8.28. The predicted octanol–water partition coefficient (Wildman–Crippen LogP) is 2.48. The van der Waals surface area contributed by atoms with Crippen molar-refractivity contribution in [2.45, 2.75) is 44.0 Å². The molecule has 1 aromatic rings. The summed E-state index contributed by atoms with van der Waals surface area (Å²) >= 11 is 1.60. The first-order valence-electron chi connectivity index (χ1n) is 8.95. The predicted molar refractivity (Wildman–Crippen MR) is 101 cm³/mol. The third-order valence-corrected chi connectivity index (χ3v) is 5.26. The molecule has 138 valence electrons. The minimum atomic E-state index is -0.500. The number of amides is 2. The summed E-state index contributed by atoms with van der Waals surface area (Å²) in [6.45, 7) is 5.94. The molecular weight excluding hydrogens is 336 g/mol. The first-order chi connectivity index (χ1) is 12.1. The summed E-state index contributed by atoms with van der Waals surface area (Å²) in [5.74, 6) is 0.331. The summed E-state index contributed by atoms with van der Waals surface area (Å²) in [5, 5.41) is 2.79. The molecule has 2 rings (SSSR count). The first-order valence-corrected chi connectivity index (χ1v) is 9.94. The lowest BCUT2D eigenvalue weighted by Gasteiger charge is -2.30. The van der Waals surface area contributed by atoms with Gasteiger partial charge in [0, 0.05) is 30.7 Å². The molecule has 2 amide bonds. The molecule has 1 heterocycles. The summed E-state index contributed by atoms with van der Waals surface area (Å²) in [6, 6.07) is 7.99. The SMILES string of the molecule is CCCCc1ccc(SCC(NC(C)=O)C(=O)N2CCOCC2)cc1. The van der Waals surface area contributed by atoms with E-state index < -0.39 is 6.04 Å². The quantitative estimate of drug-likeness (QED) is 0.720. The lowest BCUT2D eigenvalue weighted by Crippen LogP contribution is -2.52. The van der Waals surface area contributed by atoms with Crippen molar-refractivity contribution in [3.63, 3.8) is 0 Å². The average Bonchev–Trinajstić information content (AvgIpc) is 2.64. The van der Waals surface area contributed by atoms with Crippen LogP contribution < -0.4 is 5.32 Å². The van der Waals surface area contributed by atoms with Crippen molar-refractivity contribution in [3.8, 4) is 0 Å². The fraction of sp³-hybridized carbons (Fsp3) is 0.579. The number of morpholine rings is 1. The fourth-order valence-corrected chi connectivity index (χ4v) is 3.65. The van der Waals surface area contributed by atoms with Crippen molar-refractivity contribution in [1.29, 1.82) is 0 Å². The Bertz CT molecular complexity index is 556. The van der Waals surface area contributed by atoms with E-state index in [0.717, 1.165) is 11.3 Å². The van der Waals surface area contributed by atoms with Crippen LogP contribution in [-0.4, -0.2) is 54.8 Å². The Labute approximate surface area is 154 Å². The number of nitrogens with zero attached hydrogens (tertiary/aromatic N) is 1. The van der Waals surface area contributed by atoms with Gasteiger partial charge in [-0.25, -0.2) is 0 Å². The first kappa shape index (κ1) is 19.8. The highest BCUT2D eigenvalue weighted by atomic mass is 32.2. The molecule has 0 aromatic heterocycles. The van der Waals surface area contributed by atoms with Crippen LogP contribution in [0.3, 0.4) is 0 Å². The van der Waals surface area contributed by atoms with E-state index in [9.17, 15) is 9.59 Å². The summed E-state index contributed by atoms with van der Waals surface area (Å²) in [4.78, 5) is 27.0. The third-order valence-electron chi connectivity index (χ3n) is 4.16. The molecule has 1 fully saturated rings. The van der Waals surface area contributed by atoms with E-state index in [1.54, 1.807) is 16.7 Å². The van der Waals surface area contributed by atoms with Gasteiger partial charge in [0.25, 0.3) is 0 Å². The van der Waals surface area contributed by atoms with Gasteiger partial charge in [-0.3, -0.25) is 9.59 Å². The Balaban J connectivity index is 1.92. The zero-order chi connectivity index (χ0) is 18.1. The van der Waals surface area contributed by atoms with Gasteiger partial charge in [0.15, 0.2) is 0 Å². The maximum Gasteiger partial charge on any atom is 0.246 e. The second-order valence-electron chi connectivity index (χ2n) is 6.25. The standard InChI is InChI=1S/C19H28N2O3S/c1-3-4-5-16-6-8-17(9-7-16)25-14-18(20-15(2)22)19(23)21-10-12-24-13-11-21/h6-9,18H,3-5,10-14H2,1-2H3,(H,20,22). The molecule has 1 aliphatic heterocycles. The molecule has 6 heteroatoms. The van der Waals surface area contributed by atoms with Gasteiger partial charge in [-0.1, -0.05) is 25.5 Å². The van der Waals surface area contributed by atoms with Crippen molar-refractivity contribution in [3.05, 3.63) is 29.8 Å². The molecule has 1 aromatic carbocycles. The Morgan fingerprint density at radius 3 is 2.52 bits per heavy atom. The topological polar surface area (TPSA) is 58.6 Å². The van der Waals surface area contributed by atoms with Gasteiger partial charge in [0.05, 0.1) is 13.2 Å². The molecule has 0 bridgehead atoms. The van der Waals surface area contributed by atoms with Crippen LogP contribution in [0.15, 0.2) is 29.2 Å². The zero-order valence-electron chi connectivity index (χ0n) is 15.1. The van der Waals surface area contributed by atoms with Gasteiger partial charge in [0.2, 0.25) is 11.8 Å². The molecule has 25 heavy (non-hydrogen) atoms. The van der Waals surface area contributed by atoms with E-state index in [2.05, 4.69) is 36.5 Å². The van der Waals surface area contributed by atoms with Crippen LogP contribution in [-0.2, 0) is 20.7 Å². The second kappa shape index (κ2) is 10.5. The molecule has 0 aliphatic carbocycles. The van der Waals surface area contributed by atoms with Gasteiger partial charge in [-0.15, -0.1) is 11.8 Å². The minimum Gasteiger partial charge on any atom is -0.378 e. The van der Waals surface area contributed by atoms with Crippen molar-refractivity contribution in [1.82, 2.24) is 10.2 Å². The number of rotatable bonds is 8. The van der Waals surface area contributed by atoms with E-state index in [1.165, 1.54) is 25.3 Å². The number of aryl methyl sites for hydroxylation is 1. The van der Waals surface area contributed by atoms with Gasteiger partial charge in [-0.05, 0) is 30.5 Å². The summed E-state index contributed by atoms with van der Waals surface area (Å²) in [5.41, 5.74) is 1.34. The lowest BCUT2D eigenvalue weighted by atomic mass is 10.1. The number of thioether (sulfide) groups is 1. The second-order valence-corrected chi connectivity index (χ2v) is 7.34. The lowest BCUT2D eigenvalue weighted by molar-refractivity contribution is -0.138. The number of carbonyl (C=O) groups is 2. The molecule has 1 atom stereocenters. The fourth-order valence-electron chi connectivity index (χ4n) is 2.74. The highest BCUT2D eigenvalue weighted by molar-refractivity contribution is 7.99. The van der Waals surface area contributed by atoms with E-state index in [4.69, 9.17) is 4.74 Å². The molecule has 0 spiro atoms. The molecule has 0 radical (unpaired) electrons. The largest absolute Gasteiger partial charge is 0.378 e. The van der Waals surface area contributed by atoms with Crippen LogP contribution >= 0.6 is 11.8 Å². The molecule has 1 unspecified atom stereocenters. The highest BCUT2D eigenvalue weighted by Gasteiger charge is 2.26. The van der Waals surface area contributed by atoms with Crippen molar-refractivity contribution >= 4 is 23.6 Å². The van der Waals surface area contributed by atoms with Crippen molar-refractivity contribution in [2.75, 3.05) is 32.1 Å². The summed E-state index contributed by atoms with van der Waals surface area (Å²) in [6.07, 6.45) is 3.50. The maximum atomic E-state index is 12.7. The van der Waals surface area contributed by atoms with E-state index >= 15 is 0 Å².